The van der Waals surface area contributed by atoms with Crippen molar-refractivity contribution < 1.29 is 32.5 Å². The van der Waals surface area contributed by atoms with Gasteiger partial charge in [-0.3, -0.25) is 0 Å². The van der Waals surface area contributed by atoms with E-state index in [0.717, 1.165) is 73.6 Å². The highest BCUT2D eigenvalue weighted by molar-refractivity contribution is 5.65. The van der Waals surface area contributed by atoms with Crippen molar-refractivity contribution in [3.63, 3.8) is 0 Å². The Balaban J connectivity index is 1.20. The number of unbranched alkanes of at least 4 members (excludes halogenated alkanes) is 14. The smallest absolute Gasteiger partial charge is 0.255 e. The Morgan fingerprint density at radius 1 is 0.444 bits per heavy atom. The molecule has 2 aliphatic heterocycles. The molecule has 2 fully saturated rings. The molecule has 2 aromatic heterocycles. The minimum absolute atomic E-state index is 0.0891. The SMILES string of the molecule is CCCCCCCCOc1ccc(-c2ccc(Oc3ccc(-c4ccc(OCCCCCCCC)c(F)n4)cc3C[C@@H]3O[C@H]3CCCCC)c(C[C@@H]3O[C@H]3CCCCC)c2)nc1F. The molecule has 0 N–H and O–H groups in total. The fourth-order valence-corrected chi connectivity index (χ4v) is 8.47. The van der Waals surface area contributed by atoms with Crippen LogP contribution < -0.4 is 14.2 Å². The van der Waals surface area contributed by atoms with Crippen LogP contribution in [-0.4, -0.2) is 47.6 Å². The summed E-state index contributed by atoms with van der Waals surface area (Å²) < 4.78 is 61.5. The molecule has 2 aromatic carbocycles. The Hall–Kier alpha value is -4.08. The molecule has 7 nitrogen and oxygen atoms in total. The van der Waals surface area contributed by atoms with Gasteiger partial charge in [0.15, 0.2) is 11.5 Å². The van der Waals surface area contributed by atoms with E-state index < -0.39 is 11.9 Å². The average molecular weight is 869 g/mol. The van der Waals surface area contributed by atoms with Crippen molar-refractivity contribution in [1.82, 2.24) is 9.97 Å². The van der Waals surface area contributed by atoms with Crippen LogP contribution in [0.15, 0.2) is 60.7 Å². The molecule has 4 heterocycles. The van der Waals surface area contributed by atoms with Crippen molar-refractivity contribution in [1.29, 1.82) is 0 Å². The van der Waals surface area contributed by atoms with Gasteiger partial charge >= 0.3 is 0 Å². The maximum Gasteiger partial charge on any atom is 0.255 e. The largest absolute Gasteiger partial charge is 0.489 e. The highest BCUT2D eigenvalue weighted by Gasteiger charge is 2.40. The van der Waals surface area contributed by atoms with Crippen molar-refractivity contribution >= 4 is 0 Å². The number of pyridine rings is 2. The van der Waals surface area contributed by atoms with Gasteiger partial charge in [-0.05, 0) is 97.5 Å². The summed E-state index contributed by atoms with van der Waals surface area (Å²) >= 11 is 0. The Morgan fingerprint density at radius 3 is 1.24 bits per heavy atom. The Bertz CT molecular complexity index is 1840. The number of hydrogen-bond donors (Lipinski definition) is 0. The molecule has 344 valence electrons. The third-order valence-electron chi connectivity index (χ3n) is 12.5. The normalized spacial score (nSPS) is 17.8. The number of aromatic nitrogens is 2. The van der Waals surface area contributed by atoms with Crippen LogP contribution in [0.25, 0.3) is 22.5 Å². The fraction of sp³-hybridized carbons (Fsp3) is 0.593. The molecular weight excluding hydrogens is 795 g/mol. The summed E-state index contributed by atoms with van der Waals surface area (Å²) in [7, 11) is 0. The zero-order chi connectivity index (χ0) is 44.2. The number of nitrogens with zero attached hydrogens (tertiary/aromatic N) is 2. The summed E-state index contributed by atoms with van der Waals surface area (Å²) in [6.07, 6.45) is 24.7. The lowest BCUT2D eigenvalue weighted by atomic mass is 9.99. The molecule has 0 bridgehead atoms. The van der Waals surface area contributed by atoms with E-state index in [2.05, 4.69) is 49.8 Å². The lowest BCUT2D eigenvalue weighted by molar-refractivity contribution is 0.286. The van der Waals surface area contributed by atoms with Crippen LogP contribution in [0.3, 0.4) is 0 Å². The van der Waals surface area contributed by atoms with E-state index in [1.54, 1.807) is 12.1 Å². The van der Waals surface area contributed by atoms with Crippen molar-refractivity contribution in [3.8, 4) is 45.5 Å². The van der Waals surface area contributed by atoms with Crippen molar-refractivity contribution in [2.75, 3.05) is 13.2 Å². The summed E-state index contributed by atoms with van der Waals surface area (Å²) in [6.45, 7) is 9.80. The summed E-state index contributed by atoms with van der Waals surface area (Å²) in [4.78, 5) is 8.69. The van der Waals surface area contributed by atoms with E-state index >= 15 is 8.78 Å². The molecule has 4 atom stereocenters. The standard InChI is InChI=1S/C54H74F2N2O5/c1-5-9-13-15-17-21-33-59-49-31-27-43(57-53(49)55)39-25-29-45(41(35-39)37-51-47(62-51)23-19-11-7-3)61-46-30-26-40(36-42(46)38-52-48(63-52)24-20-12-8-4)44-28-32-50(54(56)58-44)60-34-22-18-16-14-10-6-2/h25-32,35-36,47-48,51-52H,5-24,33-34,37-38H2,1-4H3/t47-,48-,51-,52-/m0/s1. The molecule has 0 spiro atoms. The van der Waals surface area contributed by atoms with Crippen LogP contribution in [0.2, 0.25) is 0 Å². The lowest BCUT2D eigenvalue weighted by Crippen LogP contribution is -2.05. The topological polar surface area (TPSA) is 78.5 Å². The first-order valence-electron chi connectivity index (χ1n) is 24.7. The molecule has 0 radical (unpaired) electrons. The maximum atomic E-state index is 15.3. The molecular formula is C54H74F2N2O5. The molecule has 0 aliphatic carbocycles. The number of benzene rings is 2. The van der Waals surface area contributed by atoms with E-state index in [0.29, 0.717) is 48.9 Å². The predicted octanol–water partition coefficient (Wildman–Crippen LogP) is 15.1. The first-order chi connectivity index (χ1) is 30.9. The monoisotopic (exact) mass is 869 g/mol. The van der Waals surface area contributed by atoms with Gasteiger partial charge in [0.1, 0.15) is 11.5 Å². The molecule has 2 saturated heterocycles. The lowest BCUT2D eigenvalue weighted by Gasteiger charge is -2.17. The summed E-state index contributed by atoms with van der Waals surface area (Å²) in [6, 6.07) is 18.9. The Kier molecular flexibility index (Phi) is 20.0. The number of hydrogen-bond acceptors (Lipinski definition) is 7. The number of ether oxygens (including phenoxy) is 5. The van der Waals surface area contributed by atoms with E-state index in [-0.39, 0.29) is 35.9 Å². The van der Waals surface area contributed by atoms with Crippen LogP contribution in [0.4, 0.5) is 8.78 Å². The predicted molar refractivity (Wildman–Crippen MR) is 250 cm³/mol. The third-order valence-corrected chi connectivity index (χ3v) is 12.5. The van der Waals surface area contributed by atoms with Crippen LogP contribution in [-0.2, 0) is 22.3 Å². The first kappa shape index (κ1) is 48.4. The van der Waals surface area contributed by atoms with E-state index in [1.807, 2.05) is 36.4 Å². The number of halogens is 2. The fourth-order valence-electron chi connectivity index (χ4n) is 8.47. The van der Waals surface area contributed by atoms with Gasteiger partial charge < -0.3 is 23.7 Å². The molecule has 0 unspecified atom stereocenters. The van der Waals surface area contributed by atoms with Crippen molar-refractivity contribution in [2.45, 2.75) is 193 Å². The number of epoxide rings is 2. The molecule has 2 aliphatic rings. The molecule has 6 rings (SSSR count). The van der Waals surface area contributed by atoms with Crippen LogP contribution in [0, 0.1) is 11.9 Å². The first-order valence-corrected chi connectivity index (χ1v) is 24.7. The second-order valence-electron chi connectivity index (χ2n) is 17.8. The zero-order valence-electron chi connectivity index (χ0n) is 38.7. The molecule has 0 amide bonds. The van der Waals surface area contributed by atoms with E-state index in [1.165, 1.54) is 77.0 Å². The summed E-state index contributed by atoms with van der Waals surface area (Å²) in [5.74, 6) is 0.577. The quantitative estimate of drug-likeness (QED) is 0.0275. The minimum Gasteiger partial charge on any atom is -0.489 e. The maximum absolute atomic E-state index is 15.3. The van der Waals surface area contributed by atoms with Gasteiger partial charge in [-0.25, -0.2) is 9.97 Å². The van der Waals surface area contributed by atoms with Gasteiger partial charge in [-0.1, -0.05) is 130 Å². The average Bonchev–Trinajstić information content (AvgIpc) is 4.22. The van der Waals surface area contributed by atoms with Crippen molar-refractivity contribution in [3.05, 3.63) is 83.7 Å². The Morgan fingerprint density at radius 2 is 0.825 bits per heavy atom. The summed E-state index contributed by atoms with van der Waals surface area (Å²) in [5.41, 5.74) is 4.60. The molecule has 63 heavy (non-hydrogen) atoms. The van der Waals surface area contributed by atoms with Gasteiger partial charge in [0, 0.05) is 24.0 Å². The van der Waals surface area contributed by atoms with Gasteiger partial charge in [-0.2, -0.15) is 8.78 Å². The van der Waals surface area contributed by atoms with E-state index in [9.17, 15) is 0 Å². The number of rotatable bonds is 32. The highest BCUT2D eigenvalue weighted by Crippen LogP contribution is 2.40. The Labute approximate surface area is 377 Å². The van der Waals surface area contributed by atoms with Crippen LogP contribution >= 0.6 is 0 Å². The van der Waals surface area contributed by atoms with Gasteiger partial charge in [0.2, 0.25) is 0 Å². The van der Waals surface area contributed by atoms with Crippen LogP contribution in [0.1, 0.15) is 167 Å². The second-order valence-corrected chi connectivity index (χ2v) is 17.8. The van der Waals surface area contributed by atoms with Gasteiger partial charge in [-0.15, -0.1) is 0 Å². The van der Waals surface area contributed by atoms with Crippen LogP contribution in [0.5, 0.6) is 23.0 Å². The van der Waals surface area contributed by atoms with Gasteiger partial charge in [0.25, 0.3) is 11.9 Å². The second kappa shape index (κ2) is 26.0. The van der Waals surface area contributed by atoms with Gasteiger partial charge in [0.05, 0.1) is 49.0 Å². The van der Waals surface area contributed by atoms with E-state index in [4.69, 9.17) is 23.7 Å². The molecule has 0 saturated carbocycles. The minimum atomic E-state index is -0.605. The summed E-state index contributed by atoms with van der Waals surface area (Å²) in [5, 5.41) is 0. The molecule has 9 heteroatoms. The zero-order valence-corrected chi connectivity index (χ0v) is 38.7. The highest BCUT2D eigenvalue weighted by atomic mass is 19.1. The molecule has 4 aromatic rings. The third kappa shape index (κ3) is 15.6. The van der Waals surface area contributed by atoms with Crippen molar-refractivity contribution in [2.24, 2.45) is 0 Å².